The molecule has 0 spiro atoms. The second-order valence-corrected chi connectivity index (χ2v) is 6.62. The fraction of sp³-hybridized carbons (Fsp3) is 0.625. The first-order chi connectivity index (χ1) is 9.56. The van der Waals surface area contributed by atoms with Crippen molar-refractivity contribution in [2.45, 2.75) is 51.2 Å². The van der Waals surface area contributed by atoms with E-state index in [2.05, 4.69) is 15.9 Å². The molecule has 1 fully saturated rings. The van der Waals surface area contributed by atoms with Gasteiger partial charge in [-0.25, -0.2) is 0 Å². The summed E-state index contributed by atoms with van der Waals surface area (Å²) in [5.41, 5.74) is 0.751. The minimum atomic E-state index is -0.579. The van der Waals surface area contributed by atoms with E-state index in [1.807, 2.05) is 18.2 Å². The molecule has 2 N–H and O–H groups in total. The molecule has 0 aliphatic heterocycles. The molecule has 2 unspecified atom stereocenters. The molecular formula is C16H23BrO3. The van der Waals surface area contributed by atoms with Crippen molar-refractivity contribution in [2.24, 2.45) is 5.92 Å². The zero-order valence-corrected chi connectivity index (χ0v) is 13.5. The van der Waals surface area contributed by atoms with Gasteiger partial charge in [0.1, 0.15) is 12.4 Å². The molecule has 1 aliphatic rings. The van der Waals surface area contributed by atoms with Crippen molar-refractivity contribution in [3.05, 3.63) is 28.2 Å². The monoisotopic (exact) mass is 342 g/mol. The van der Waals surface area contributed by atoms with E-state index in [1.54, 1.807) is 6.92 Å². The molecule has 0 saturated heterocycles. The van der Waals surface area contributed by atoms with Crippen LogP contribution in [0.4, 0.5) is 0 Å². The summed E-state index contributed by atoms with van der Waals surface area (Å²) in [6, 6.07) is 5.56. The lowest BCUT2D eigenvalue weighted by Gasteiger charge is -2.18. The van der Waals surface area contributed by atoms with Gasteiger partial charge in [-0.1, -0.05) is 47.7 Å². The van der Waals surface area contributed by atoms with Crippen LogP contribution in [-0.2, 0) is 0 Å². The Bertz CT molecular complexity index is 428. The molecule has 2 rings (SSSR count). The third-order valence-corrected chi connectivity index (χ3v) is 4.43. The van der Waals surface area contributed by atoms with Gasteiger partial charge in [-0.05, 0) is 31.4 Å². The minimum Gasteiger partial charge on any atom is -0.490 e. The summed E-state index contributed by atoms with van der Waals surface area (Å²) in [7, 11) is 0. The smallest absolute Gasteiger partial charge is 0.126 e. The number of rotatable bonds is 6. The predicted molar refractivity (Wildman–Crippen MR) is 82.9 cm³/mol. The van der Waals surface area contributed by atoms with E-state index in [0.717, 1.165) is 16.5 Å². The van der Waals surface area contributed by atoms with Crippen LogP contribution in [0.3, 0.4) is 0 Å². The molecule has 4 heteroatoms. The quantitative estimate of drug-likeness (QED) is 0.826. The lowest BCUT2D eigenvalue weighted by molar-refractivity contribution is 0.0832. The fourth-order valence-electron chi connectivity index (χ4n) is 2.86. The van der Waals surface area contributed by atoms with Gasteiger partial charge < -0.3 is 14.9 Å². The van der Waals surface area contributed by atoms with Gasteiger partial charge in [-0.15, -0.1) is 0 Å². The summed E-state index contributed by atoms with van der Waals surface area (Å²) < 4.78 is 6.62. The normalized spacial score (nSPS) is 19.0. The van der Waals surface area contributed by atoms with Gasteiger partial charge in [0.05, 0.1) is 12.2 Å². The van der Waals surface area contributed by atoms with Crippen molar-refractivity contribution >= 4 is 15.9 Å². The SMILES string of the molecule is CC(O)c1ccc(Br)cc1OCC(O)CC1CCCC1. The van der Waals surface area contributed by atoms with Crippen molar-refractivity contribution in [1.29, 1.82) is 0 Å². The molecule has 0 aromatic heterocycles. The van der Waals surface area contributed by atoms with Crippen LogP contribution in [0.1, 0.15) is 50.7 Å². The summed E-state index contributed by atoms with van der Waals surface area (Å²) in [5, 5.41) is 19.8. The first-order valence-electron chi connectivity index (χ1n) is 7.34. The highest BCUT2D eigenvalue weighted by atomic mass is 79.9. The summed E-state index contributed by atoms with van der Waals surface area (Å²) in [6.45, 7) is 2.00. The van der Waals surface area contributed by atoms with E-state index >= 15 is 0 Å². The number of ether oxygens (including phenoxy) is 1. The Morgan fingerprint density at radius 1 is 1.30 bits per heavy atom. The Labute approximate surface area is 129 Å². The van der Waals surface area contributed by atoms with Crippen LogP contribution in [0.25, 0.3) is 0 Å². The van der Waals surface area contributed by atoms with E-state index < -0.39 is 12.2 Å². The number of aliphatic hydroxyl groups is 2. The number of halogens is 1. The third kappa shape index (κ3) is 4.47. The van der Waals surface area contributed by atoms with Gasteiger partial charge in [0.2, 0.25) is 0 Å². The lowest BCUT2D eigenvalue weighted by Crippen LogP contribution is -2.21. The molecule has 1 aliphatic carbocycles. The fourth-order valence-corrected chi connectivity index (χ4v) is 3.20. The maximum atomic E-state index is 10.1. The van der Waals surface area contributed by atoms with Crippen molar-refractivity contribution in [1.82, 2.24) is 0 Å². The summed E-state index contributed by atoms with van der Waals surface area (Å²) in [5.74, 6) is 1.28. The molecule has 1 aromatic carbocycles. The third-order valence-electron chi connectivity index (χ3n) is 3.94. The Kier molecular flexibility index (Phi) is 5.87. The number of aliphatic hydroxyl groups excluding tert-OH is 2. The molecule has 3 nitrogen and oxygen atoms in total. The number of hydrogen-bond acceptors (Lipinski definition) is 3. The molecule has 0 amide bonds. The van der Waals surface area contributed by atoms with Crippen LogP contribution < -0.4 is 4.74 Å². The van der Waals surface area contributed by atoms with Gasteiger partial charge >= 0.3 is 0 Å². The second-order valence-electron chi connectivity index (χ2n) is 5.71. The Hall–Kier alpha value is -0.580. The van der Waals surface area contributed by atoms with Gasteiger partial charge in [-0.2, -0.15) is 0 Å². The maximum Gasteiger partial charge on any atom is 0.126 e. The highest BCUT2D eigenvalue weighted by molar-refractivity contribution is 9.10. The molecule has 1 saturated carbocycles. The van der Waals surface area contributed by atoms with E-state index in [4.69, 9.17) is 4.74 Å². The highest BCUT2D eigenvalue weighted by Gasteiger charge is 2.19. The van der Waals surface area contributed by atoms with E-state index in [0.29, 0.717) is 11.7 Å². The summed E-state index contributed by atoms with van der Waals surface area (Å²) in [6.07, 6.45) is 4.84. The van der Waals surface area contributed by atoms with E-state index in [-0.39, 0.29) is 6.61 Å². The van der Waals surface area contributed by atoms with Crippen molar-refractivity contribution in [3.8, 4) is 5.75 Å². The largest absolute Gasteiger partial charge is 0.490 e. The van der Waals surface area contributed by atoms with Crippen LogP contribution >= 0.6 is 15.9 Å². The van der Waals surface area contributed by atoms with Crippen LogP contribution in [0.15, 0.2) is 22.7 Å². The Balaban J connectivity index is 1.90. The van der Waals surface area contributed by atoms with Crippen molar-refractivity contribution in [2.75, 3.05) is 6.61 Å². The van der Waals surface area contributed by atoms with E-state index in [9.17, 15) is 10.2 Å². The van der Waals surface area contributed by atoms with Gasteiger partial charge in [-0.3, -0.25) is 0 Å². The van der Waals surface area contributed by atoms with Crippen molar-refractivity contribution in [3.63, 3.8) is 0 Å². The lowest BCUT2D eigenvalue weighted by atomic mass is 10.0. The number of benzene rings is 1. The standard InChI is InChI=1S/C16H23BrO3/c1-11(18)15-7-6-13(17)9-16(15)20-10-14(19)8-12-4-2-3-5-12/h6-7,9,11-12,14,18-19H,2-5,8,10H2,1H3. The molecule has 0 radical (unpaired) electrons. The van der Waals surface area contributed by atoms with Crippen LogP contribution in [0, 0.1) is 5.92 Å². The Morgan fingerprint density at radius 2 is 2.00 bits per heavy atom. The Morgan fingerprint density at radius 3 is 2.65 bits per heavy atom. The van der Waals surface area contributed by atoms with Gasteiger partial charge in [0.25, 0.3) is 0 Å². The topological polar surface area (TPSA) is 49.7 Å². The molecule has 20 heavy (non-hydrogen) atoms. The first kappa shape index (κ1) is 15.8. The zero-order chi connectivity index (χ0) is 14.5. The van der Waals surface area contributed by atoms with Gasteiger partial charge in [0, 0.05) is 10.0 Å². The highest BCUT2D eigenvalue weighted by Crippen LogP contribution is 2.30. The average Bonchev–Trinajstić information content (AvgIpc) is 2.89. The van der Waals surface area contributed by atoms with E-state index in [1.165, 1.54) is 25.7 Å². The van der Waals surface area contributed by atoms with Gasteiger partial charge in [0.15, 0.2) is 0 Å². The maximum absolute atomic E-state index is 10.1. The molecule has 0 bridgehead atoms. The molecular weight excluding hydrogens is 320 g/mol. The van der Waals surface area contributed by atoms with Crippen LogP contribution in [0.5, 0.6) is 5.75 Å². The first-order valence-corrected chi connectivity index (χ1v) is 8.14. The summed E-state index contributed by atoms with van der Waals surface area (Å²) >= 11 is 3.40. The van der Waals surface area contributed by atoms with Crippen LogP contribution in [-0.4, -0.2) is 22.9 Å². The molecule has 1 aromatic rings. The minimum absolute atomic E-state index is 0.284. The zero-order valence-electron chi connectivity index (χ0n) is 11.9. The molecule has 0 heterocycles. The van der Waals surface area contributed by atoms with Crippen molar-refractivity contribution < 1.29 is 14.9 Å². The average molecular weight is 343 g/mol. The van der Waals surface area contributed by atoms with Crippen LogP contribution in [0.2, 0.25) is 0 Å². The number of hydrogen-bond donors (Lipinski definition) is 2. The summed E-state index contributed by atoms with van der Waals surface area (Å²) in [4.78, 5) is 0. The second kappa shape index (κ2) is 7.43. The molecule has 2 atom stereocenters. The molecule has 112 valence electrons. The predicted octanol–water partition coefficient (Wildman–Crippen LogP) is 3.82.